The van der Waals surface area contributed by atoms with E-state index in [1.54, 1.807) is 0 Å². The van der Waals surface area contributed by atoms with Gasteiger partial charge in [-0.05, 0) is 13.3 Å². The van der Waals surface area contributed by atoms with Crippen molar-refractivity contribution in [2.45, 2.75) is 123 Å². The first-order chi connectivity index (χ1) is 13.7. The molecule has 0 saturated heterocycles. The first-order valence-corrected chi connectivity index (χ1v) is 12.6. The smallest absolute Gasteiger partial charge is 0.547 e. The first kappa shape index (κ1) is 34.9. The van der Waals surface area contributed by atoms with E-state index in [0.29, 0.717) is 6.42 Å². The summed E-state index contributed by atoms with van der Waals surface area (Å²) < 4.78 is 33.3. The monoisotopic (exact) mass is 462 g/mol. The molecule has 7 nitrogen and oxygen atoms in total. The molecule has 0 aliphatic carbocycles. The Balaban J connectivity index is -0.000000905. The number of unbranched alkanes of at least 4 members (excludes halogenated alkanes) is 15. The summed E-state index contributed by atoms with van der Waals surface area (Å²) in [5.74, 6) is -1.44. The van der Waals surface area contributed by atoms with E-state index < -0.39 is 22.5 Å². The molecule has 0 aromatic heterocycles. The quantitative estimate of drug-likeness (QED) is 0.168. The molecule has 0 rings (SSSR count). The number of rotatable bonds is 19. The predicted octanol–water partition coefficient (Wildman–Crippen LogP) is 1.19. The van der Waals surface area contributed by atoms with Crippen molar-refractivity contribution in [3.05, 3.63) is 0 Å². The van der Waals surface area contributed by atoms with Crippen LogP contribution in [0.2, 0.25) is 0 Å². The van der Waals surface area contributed by atoms with Crippen molar-refractivity contribution in [3.63, 3.8) is 0 Å². The Morgan fingerprint density at radius 1 is 0.800 bits per heavy atom. The largest absolute Gasteiger partial charge is 1.00 e. The van der Waals surface area contributed by atoms with Gasteiger partial charge >= 0.3 is 40.0 Å². The van der Waals surface area contributed by atoms with Gasteiger partial charge in [0.2, 0.25) is 0 Å². The average molecular weight is 463 g/mol. The maximum absolute atomic E-state index is 10.3. The number of aliphatic carboxylic acids is 1. The molecular formula is C21H43NaO7S. The van der Waals surface area contributed by atoms with Gasteiger partial charge in [0.1, 0.15) is 0 Å². The van der Waals surface area contributed by atoms with Gasteiger partial charge in [0.15, 0.2) is 0 Å². The van der Waals surface area contributed by atoms with Crippen molar-refractivity contribution in [2.24, 2.45) is 0 Å². The third-order valence-electron chi connectivity index (χ3n) is 4.57. The van der Waals surface area contributed by atoms with Crippen LogP contribution in [0.4, 0.5) is 0 Å². The van der Waals surface area contributed by atoms with E-state index in [9.17, 15) is 18.3 Å². The van der Waals surface area contributed by atoms with Crippen molar-refractivity contribution in [2.75, 3.05) is 6.61 Å². The Hall–Kier alpha value is 0.300. The normalized spacial score (nSPS) is 11.9. The number of carbonyl (C=O) groups excluding carboxylic acids is 1. The van der Waals surface area contributed by atoms with Crippen LogP contribution in [0.5, 0.6) is 0 Å². The fraction of sp³-hybridized carbons (Fsp3) is 0.952. The molecule has 30 heavy (non-hydrogen) atoms. The second kappa shape index (κ2) is 25.6. The Labute approximate surface area is 206 Å². The van der Waals surface area contributed by atoms with E-state index in [1.807, 2.05) is 0 Å². The minimum atomic E-state index is -4.24. The number of aliphatic hydroxyl groups is 1. The van der Waals surface area contributed by atoms with Crippen LogP contribution >= 0.6 is 0 Å². The molecule has 1 unspecified atom stereocenters. The minimum absolute atomic E-state index is 0. The van der Waals surface area contributed by atoms with E-state index in [1.165, 1.54) is 83.5 Å². The molecule has 1 atom stereocenters. The summed E-state index contributed by atoms with van der Waals surface area (Å²) in [6.45, 7) is 3.49. The van der Waals surface area contributed by atoms with Gasteiger partial charge in [0.05, 0.1) is 18.7 Å². The number of carbonyl (C=O) groups is 1. The number of carboxylic acid groups (broad SMARTS) is 1. The van der Waals surface area contributed by atoms with Crippen molar-refractivity contribution in [3.8, 4) is 0 Å². The molecule has 0 spiro atoms. The molecule has 2 N–H and O–H groups in total. The number of carboxylic acids is 1. The molecule has 0 aromatic carbocycles. The van der Waals surface area contributed by atoms with Crippen LogP contribution in [0.25, 0.3) is 0 Å². The Bertz CT molecular complexity index is 456. The molecule has 0 aliphatic heterocycles. The minimum Gasteiger partial charge on any atom is -0.547 e. The molecule has 0 radical (unpaired) electrons. The van der Waals surface area contributed by atoms with Crippen molar-refractivity contribution in [1.29, 1.82) is 0 Å². The summed E-state index contributed by atoms with van der Waals surface area (Å²) in [6, 6.07) is 0. The first-order valence-electron chi connectivity index (χ1n) is 11.2. The number of hydrogen-bond acceptors (Lipinski definition) is 6. The fourth-order valence-electron chi connectivity index (χ4n) is 2.81. The second-order valence-electron chi connectivity index (χ2n) is 7.55. The summed E-state index contributed by atoms with van der Waals surface area (Å²) in [5.41, 5.74) is 0. The molecule has 9 heteroatoms. The van der Waals surface area contributed by atoms with Crippen LogP contribution in [-0.2, 0) is 19.4 Å². The van der Waals surface area contributed by atoms with Crippen LogP contribution in [0.1, 0.15) is 117 Å². The van der Waals surface area contributed by atoms with Gasteiger partial charge in [-0.3, -0.25) is 4.55 Å². The maximum atomic E-state index is 10.3. The summed E-state index contributed by atoms with van der Waals surface area (Å²) >= 11 is 0. The van der Waals surface area contributed by atoms with E-state index in [2.05, 4.69) is 11.1 Å². The van der Waals surface area contributed by atoms with Crippen LogP contribution in [0.15, 0.2) is 0 Å². The molecular weight excluding hydrogens is 419 g/mol. The van der Waals surface area contributed by atoms with Crippen LogP contribution in [0, 0.1) is 0 Å². The summed E-state index contributed by atoms with van der Waals surface area (Å²) in [6.07, 6.45) is 19.1. The third kappa shape index (κ3) is 35.7. The van der Waals surface area contributed by atoms with Crippen LogP contribution in [-0.4, -0.2) is 36.8 Å². The molecule has 0 bridgehead atoms. The van der Waals surface area contributed by atoms with Gasteiger partial charge < -0.3 is 15.0 Å². The Kier molecular flexibility index (Phi) is 29.7. The summed E-state index contributed by atoms with van der Waals surface area (Å²) in [4.78, 5) is 9.34. The van der Waals surface area contributed by atoms with Gasteiger partial charge in [0, 0.05) is 0 Å². The zero-order valence-electron chi connectivity index (χ0n) is 19.4. The van der Waals surface area contributed by atoms with Crippen molar-refractivity contribution >= 4 is 16.4 Å². The van der Waals surface area contributed by atoms with Gasteiger partial charge in [-0.2, -0.15) is 8.42 Å². The van der Waals surface area contributed by atoms with Gasteiger partial charge in [-0.1, -0.05) is 103 Å². The number of hydrogen-bond donors (Lipinski definition) is 2. The second-order valence-corrected chi connectivity index (χ2v) is 8.64. The zero-order chi connectivity index (χ0) is 22.4. The Morgan fingerprint density at radius 3 is 1.30 bits per heavy atom. The van der Waals surface area contributed by atoms with Crippen LogP contribution in [0.3, 0.4) is 0 Å². The molecule has 0 heterocycles. The topological polar surface area (TPSA) is 124 Å². The predicted molar refractivity (Wildman–Crippen MR) is 114 cm³/mol. The molecule has 176 valence electrons. The molecule has 0 fully saturated rings. The van der Waals surface area contributed by atoms with Crippen LogP contribution < -0.4 is 34.7 Å². The van der Waals surface area contributed by atoms with Crippen molar-refractivity contribution < 1.29 is 61.7 Å². The van der Waals surface area contributed by atoms with E-state index in [-0.39, 0.29) is 36.2 Å². The fourth-order valence-corrected chi connectivity index (χ4v) is 3.14. The zero-order valence-corrected chi connectivity index (χ0v) is 22.3. The Morgan fingerprint density at radius 2 is 1.07 bits per heavy atom. The van der Waals surface area contributed by atoms with E-state index in [4.69, 9.17) is 9.66 Å². The third-order valence-corrected chi connectivity index (χ3v) is 5.04. The van der Waals surface area contributed by atoms with E-state index in [0.717, 1.165) is 19.8 Å². The van der Waals surface area contributed by atoms with Gasteiger partial charge in [-0.15, -0.1) is 0 Å². The van der Waals surface area contributed by atoms with Gasteiger partial charge in [-0.25, -0.2) is 4.18 Å². The van der Waals surface area contributed by atoms with Crippen molar-refractivity contribution in [1.82, 2.24) is 0 Å². The molecule has 0 amide bonds. The SMILES string of the molecule is CC(O)C(=O)[O-].CCCCCCCCCCCCCCCCCCOS(=O)(=O)O.[Na+]. The maximum Gasteiger partial charge on any atom is 1.00 e. The summed E-state index contributed by atoms with van der Waals surface area (Å²) in [7, 11) is -4.24. The average Bonchev–Trinajstić information content (AvgIpc) is 2.64. The van der Waals surface area contributed by atoms with Gasteiger partial charge in [0.25, 0.3) is 0 Å². The molecule has 0 aromatic rings. The summed E-state index contributed by atoms with van der Waals surface area (Å²) in [5, 5.41) is 17.3. The van der Waals surface area contributed by atoms with E-state index >= 15 is 0 Å². The standard InChI is InChI=1S/C18H38O4S.C3H6O3.Na/c1-2-3-4-5-6-7-8-9-10-11-12-13-14-15-16-17-18-22-23(19,20)21;1-2(4)3(5)6;/h2-18H2,1H3,(H,19,20,21);2,4H,1H3,(H,5,6);/q;;+1/p-1. The molecule has 0 aliphatic rings. The number of aliphatic hydroxyl groups excluding tert-OH is 1. The molecule has 0 saturated carbocycles.